The minimum atomic E-state index is -0.798. The highest BCUT2D eigenvalue weighted by Crippen LogP contribution is 2.69. The number of nitrogens with one attached hydrogen (secondary N) is 2. The van der Waals surface area contributed by atoms with E-state index in [1.807, 2.05) is 81.4 Å². The molecule has 3 N–H and O–H groups in total. The van der Waals surface area contributed by atoms with Crippen LogP contribution in [0.4, 0.5) is 0 Å². The fourth-order valence-electron chi connectivity index (χ4n) is 6.76. The fraction of sp³-hybridized carbons (Fsp3) is 0.500. The van der Waals surface area contributed by atoms with Gasteiger partial charge in [-0.15, -0.1) is 11.8 Å². The lowest BCUT2D eigenvalue weighted by molar-refractivity contribution is -0.143. The van der Waals surface area contributed by atoms with Gasteiger partial charge in [-0.2, -0.15) is 0 Å². The van der Waals surface area contributed by atoms with Crippen molar-refractivity contribution in [1.29, 1.82) is 0 Å². The zero-order valence-corrected chi connectivity index (χ0v) is 23.2. The maximum absolute atomic E-state index is 14.4. The molecule has 202 valence electrons. The van der Waals surface area contributed by atoms with E-state index in [0.29, 0.717) is 6.54 Å². The molecule has 38 heavy (non-hydrogen) atoms. The van der Waals surface area contributed by atoms with Crippen molar-refractivity contribution < 1.29 is 19.5 Å². The van der Waals surface area contributed by atoms with E-state index in [0.717, 1.165) is 17.5 Å². The Morgan fingerprint density at radius 3 is 2.32 bits per heavy atom. The molecule has 3 fully saturated rings. The van der Waals surface area contributed by atoms with Crippen LogP contribution in [0.1, 0.15) is 51.3 Å². The highest BCUT2D eigenvalue weighted by atomic mass is 32.2. The molecule has 3 saturated heterocycles. The fourth-order valence-corrected chi connectivity index (χ4v) is 9.17. The summed E-state index contributed by atoms with van der Waals surface area (Å²) in [5.74, 6) is -1.70. The molecular formula is C30H37N3O4S. The number of aliphatic hydroxyl groups excluding tert-OH is 1. The van der Waals surface area contributed by atoms with Gasteiger partial charge in [-0.1, -0.05) is 67.6 Å². The van der Waals surface area contributed by atoms with Crippen LogP contribution in [-0.4, -0.2) is 55.9 Å². The Hall–Kier alpha value is -2.84. The number of aliphatic hydroxyl groups is 1. The van der Waals surface area contributed by atoms with Crippen molar-refractivity contribution >= 4 is 29.5 Å². The van der Waals surface area contributed by atoms with E-state index in [-0.39, 0.29) is 35.5 Å². The molecule has 7 nitrogen and oxygen atoms in total. The molecule has 8 heteroatoms. The number of nitrogens with zero attached hydrogens (tertiary/aromatic N) is 1. The zero-order valence-electron chi connectivity index (χ0n) is 22.4. The van der Waals surface area contributed by atoms with E-state index >= 15 is 0 Å². The lowest BCUT2D eigenvalue weighted by atomic mass is 9.65. The molecule has 7 atom stereocenters. The SMILES string of the molecule is CC1C[C@H]2SC13C(C(=O)NC(C)(C)C)N([C@H](CO)c1ccccc1)C(=O)[C@@H]3[C@H]2C(=O)NCc1ccccc1. The van der Waals surface area contributed by atoms with Crippen LogP contribution in [0.5, 0.6) is 0 Å². The number of benzene rings is 2. The first-order valence-electron chi connectivity index (χ1n) is 13.4. The Kier molecular flexibility index (Phi) is 7.07. The number of amides is 3. The van der Waals surface area contributed by atoms with Gasteiger partial charge >= 0.3 is 0 Å². The largest absolute Gasteiger partial charge is 0.394 e. The van der Waals surface area contributed by atoms with Gasteiger partial charge in [-0.3, -0.25) is 14.4 Å². The Labute approximate surface area is 228 Å². The molecule has 3 aliphatic heterocycles. The van der Waals surface area contributed by atoms with Crippen LogP contribution in [0.25, 0.3) is 0 Å². The lowest BCUT2D eigenvalue weighted by Crippen LogP contribution is -2.59. The molecule has 0 aliphatic carbocycles. The molecular weight excluding hydrogens is 498 g/mol. The van der Waals surface area contributed by atoms with Gasteiger partial charge in [0.15, 0.2) is 0 Å². The van der Waals surface area contributed by atoms with Crippen molar-refractivity contribution in [2.24, 2.45) is 17.8 Å². The zero-order chi connectivity index (χ0) is 27.2. The first-order chi connectivity index (χ1) is 18.1. The molecule has 0 saturated carbocycles. The van der Waals surface area contributed by atoms with Crippen LogP contribution in [0.3, 0.4) is 0 Å². The molecule has 0 aromatic heterocycles. The van der Waals surface area contributed by atoms with Crippen molar-refractivity contribution in [3.05, 3.63) is 71.8 Å². The van der Waals surface area contributed by atoms with Crippen molar-refractivity contribution in [2.75, 3.05) is 6.61 Å². The number of fused-ring (bicyclic) bond motifs is 1. The number of carbonyl (C=O) groups is 3. The Morgan fingerprint density at radius 1 is 1.08 bits per heavy atom. The van der Waals surface area contributed by atoms with Crippen molar-refractivity contribution in [3.8, 4) is 0 Å². The highest BCUT2D eigenvalue weighted by molar-refractivity contribution is 8.02. The molecule has 5 rings (SSSR count). The molecule has 0 radical (unpaired) electrons. The average Bonchev–Trinajstić information content (AvgIpc) is 3.47. The third-order valence-electron chi connectivity index (χ3n) is 8.24. The van der Waals surface area contributed by atoms with Gasteiger partial charge in [-0.25, -0.2) is 0 Å². The van der Waals surface area contributed by atoms with Gasteiger partial charge < -0.3 is 20.6 Å². The molecule has 3 aliphatic rings. The average molecular weight is 536 g/mol. The molecule has 1 spiro atoms. The molecule has 3 amide bonds. The number of rotatable bonds is 7. The normalized spacial score (nSPS) is 30.7. The predicted octanol–water partition coefficient (Wildman–Crippen LogP) is 3.29. The molecule has 2 aromatic carbocycles. The third kappa shape index (κ3) is 4.41. The monoisotopic (exact) mass is 535 g/mol. The van der Waals surface area contributed by atoms with Crippen LogP contribution < -0.4 is 10.6 Å². The van der Waals surface area contributed by atoms with Crippen molar-refractivity contribution in [1.82, 2.24) is 15.5 Å². The van der Waals surface area contributed by atoms with Crippen LogP contribution >= 0.6 is 11.8 Å². The van der Waals surface area contributed by atoms with E-state index in [1.54, 1.807) is 16.7 Å². The van der Waals surface area contributed by atoms with Crippen LogP contribution in [0.15, 0.2) is 60.7 Å². The summed E-state index contributed by atoms with van der Waals surface area (Å²) in [5.41, 5.74) is 1.26. The Balaban J connectivity index is 1.54. The molecule has 2 bridgehead atoms. The van der Waals surface area contributed by atoms with E-state index in [2.05, 4.69) is 17.6 Å². The predicted molar refractivity (Wildman–Crippen MR) is 148 cm³/mol. The maximum Gasteiger partial charge on any atom is 0.244 e. The number of thioether (sulfide) groups is 1. The summed E-state index contributed by atoms with van der Waals surface area (Å²) in [6.07, 6.45) is 0.764. The topological polar surface area (TPSA) is 98.7 Å². The van der Waals surface area contributed by atoms with Crippen molar-refractivity contribution in [2.45, 2.75) is 68.3 Å². The number of likely N-dealkylation sites (tertiary alicyclic amines) is 1. The first kappa shape index (κ1) is 26.8. The first-order valence-corrected chi connectivity index (χ1v) is 14.3. The summed E-state index contributed by atoms with van der Waals surface area (Å²) in [5, 5.41) is 16.7. The lowest BCUT2D eigenvalue weighted by Gasteiger charge is -2.41. The Morgan fingerprint density at radius 2 is 1.71 bits per heavy atom. The minimum absolute atomic E-state index is 0.0360. The van der Waals surface area contributed by atoms with Gasteiger partial charge in [0.1, 0.15) is 6.04 Å². The van der Waals surface area contributed by atoms with Gasteiger partial charge in [0.25, 0.3) is 0 Å². The smallest absolute Gasteiger partial charge is 0.244 e. The van der Waals surface area contributed by atoms with Crippen molar-refractivity contribution in [3.63, 3.8) is 0 Å². The second-order valence-electron chi connectivity index (χ2n) is 11.8. The van der Waals surface area contributed by atoms with Gasteiger partial charge in [0, 0.05) is 17.3 Å². The summed E-state index contributed by atoms with van der Waals surface area (Å²) in [7, 11) is 0. The Bertz CT molecular complexity index is 1200. The summed E-state index contributed by atoms with van der Waals surface area (Å²) >= 11 is 1.64. The van der Waals surface area contributed by atoms with Gasteiger partial charge in [-0.05, 0) is 44.2 Å². The van der Waals surface area contributed by atoms with Crippen LogP contribution in [-0.2, 0) is 20.9 Å². The summed E-state index contributed by atoms with van der Waals surface area (Å²) < 4.78 is -0.742. The quantitative estimate of drug-likeness (QED) is 0.506. The maximum atomic E-state index is 14.4. The van der Waals surface area contributed by atoms with E-state index in [1.165, 1.54) is 0 Å². The highest BCUT2D eigenvalue weighted by Gasteiger charge is 2.76. The molecule has 2 aromatic rings. The second-order valence-corrected chi connectivity index (χ2v) is 13.4. The summed E-state index contributed by atoms with van der Waals surface area (Å²) in [6, 6.07) is 17.6. The van der Waals surface area contributed by atoms with E-state index in [9.17, 15) is 19.5 Å². The molecule has 3 heterocycles. The van der Waals surface area contributed by atoms with Gasteiger partial charge in [0.2, 0.25) is 17.7 Å². The number of carbonyl (C=O) groups excluding carboxylic acids is 3. The van der Waals surface area contributed by atoms with Crippen LogP contribution in [0, 0.1) is 17.8 Å². The van der Waals surface area contributed by atoms with E-state index < -0.39 is 34.2 Å². The molecule has 3 unspecified atom stereocenters. The van der Waals surface area contributed by atoms with E-state index in [4.69, 9.17) is 0 Å². The minimum Gasteiger partial charge on any atom is -0.394 e. The third-order valence-corrected chi connectivity index (χ3v) is 10.3. The second kappa shape index (κ2) is 10.0. The summed E-state index contributed by atoms with van der Waals surface area (Å²) in [6.45, 7) is 7.94. The number of hydrogen-bond donors (Lipinski definition) is 3. The summed E-state index contributed by atoms with van der Waals surface area (Å²) in [4.78, 5) is 43.7. The van der Waals surface area contributed by atoms with Gasteiger partial charge in [0.05, 0.1) is 29.2 Å². The van der Waals surface area contributed by atoms with Crippen LogP contribution in [0.2, 0.25) is 0 Å². The standard InChI is InChI=1S/C30H37N3O4S/c1-18-15-22-23(26(35)31-16-19-11-7-5-8-12-19)24-28(37)33(21(17-34)20-13-9-6-10-14-20)25(30(18,24)38-22)27(36)32-29(2,3)4/h5-14,18,21-25,34H,15-17H2,1-4H3,(H,31,35)(H,32,36)/t18?,21-,22-,23+,24+,25?,30?/m1/s1. The number of hydrogen-bond acceptors (Lipinski definition) is 5.